The Morgan fingerprint density at radius 1 is 1.12 bits per heavy atom. The van der Waals surface area contributed by atoms with E-state index in [-0.39, 0.29) is 6.04 Å². The van der Waals surface area contributed by atoms with Gasteiger partial charge in [0, 0.05) is 19.1 Å². The molecule has 1 aliphatic carbocycles. The SMILES string of the molecule is N[C@H]1CCN(S(=O)(=O)CC2CCCCC2)C1. The molecule has 2 N–H and O–H groups in total. The Morgan fingerprint density at radius 3 is 2.38 bits per heavy atom. The molecule has 0 unspecified atom stereocenters. The third-order valence-corrected chi connectivity index (χ3v) is 5.76. The number of sulfonamides is 1. The number of hydrogen-bond donors (Lipinski definition) is 1. The predicted octanol–water partition coefficient (Wildman–Crippen LogP) is 0.929. The molecule has 5 heteroatoms. The van der Waals surface area contributed by atoms with Crippen LogP contribution in [0.15, 0.2) is 0 Å². The van der Waals surface area contributed by atoms with Crippen LogP contribution >= 0.6 is 0 Å². The average Bonchev–Trinajstić information content (AvgIpc) is 2.66. The first-order chi connectivity index (χ1) is 7.58. The van der Waals surface area contributed by atoms with Gasteiger partial charge < -0.3 is 5.73 Å². The van der Waals surface area contributed by atoms with Crippen LogP contribution in [0.3, 0.4) is 0 Å². The number of nitrogens with two attached hydrogens (primary N) is 1. The Balaban J connectivity index is 1.91. The highest BCUT2D eigenvalue weighted by atomic mass is 32.2. The quantitative estimate of drug-likeness (QED) is 0.805. The molecule has 0 aromatic rings. The standard InChI is InChI=1S/C11H22N2O2S/c12-11-6-7-13(8-11)16(14,15)9-10-4-2-1-3-5-10/h10-11H,1-9,12H2/t11-/m0/s1. The third kappa shape index (κ3) is 2.96. The van der Waals surface area contributed by atoms with Crippen LogP contribution in [0.5, 0.6) is 0 Å². The highest BCUT2D eigenvalue weighted by molar-refractivity contribution is 7.89. The lowest BCUT2D eigenvalue weighted by atomic mass is 9.91. The first-order valence-corrected chi connectivity index (χ1v) is 7.92. The molecule has 94 valence electrons. The Hall–Kier alpha value is -0.130. The van der Waals surface area contributed by atoms with Crippen molar-refractivity contribution in [2.45, 2.75) is 44.6 Å². The van der Waals surface area contributed by atoms with Crippen LogP contribution in [-0.2, 0) is 10.0 Å². The molecule has 16 heavy (non-hydrogen) atoms. The molecule has 1 atom stereocenters. The molecule has 1 saturated carbocycles. The van der Waals surface area contributed by atoms with Gasteiger partial charge >= 0.3 is 0 Å². The summed E-state index contributed by atoms with van der Waals surface area (Å²) in [6, 6.07) is 0.0427. The smallest absolute Gasteiger partial charge is 0.214 e. The highest BCUT2D eigenvalue weighted by Gasteiger charge is 2.31. The van der Waals surface area contributed by atoms with Crippen LogP contribution in [-0.4, -0.2) is 37.6 Å². The number of hydrogen-bond acceptors (Lipinski definition) is 3. The van der Waals surface area contributed by atoms with Crippen molar-refractivity contribution in [2.75, 3.05) is 18.8 Å². The zero-order chi connectivity index (χ0) is 11.6. The maximum Gasteiger partial charge on any atom is 0.214 e. The van der Waals surface area contributed by atoms with Crippen molar-refractivity contribution < 1.29 is 8.42 Å². The average molecular weight is 246 g/mol. The molecule has 0 radical (unpaired) electrons. The summed E-state index contributed by atoms with van der Waals surface area (Å²) in [4.78, 5) is 0. The predicted molar refractivity (Wildman–Crippen MR) is 64.5 cm³/mol. The van der Waals surface area contributed by atoms with E-state index in [0.717, 1.165) is 19.3 Å². The fourth-order valence-corrected chi connectivity index (χ4v) is 4.71. The minimum Gasteiger partial charge on any atom is -0.326 e. The molecule has 2 fully saturated rings. The van der Waals surface area contributed by atoms with Gasteiger partial charge in [0.15, 0.2) is 0 Å². The third-order valence-electron chi connectivity index (χ3n) is 3.75. The van der Waals surface area contributed by atoms with Gasteiger partial charge in [-0.2, -0.15) is 0 Å². The molecule has 0 bridgehead atoms. The Morgan fingerprint density at radius 2 is 1.81 bits per heavy atom. The van der Waals surface area contributed by atoms with Crippen molar-refractivity contribution in [2.24, 2.45) is 11.7 Å². The molecular weight excluding hydrogens is 224 g/mol. The van der Waals surface area contributed by atoms with Crippen molar-refractivity contribution in [3.05, 3.63) is 0 Å². The van der Waals surface area contributed by atoms with E-state index in [4.69, 9.17) is 5.73 Å². The molecular formula is C11H22N2O2S. The van der Waals surface area contributed by atoms with Crippen LogP contribution in [0.4, 0.5) is 0 Å². The molecule has 0 spiro atoms. The first kappa shape index (κ1) is 12.3. The van der Waals surface area contributed by atoms with Gasteiger partial charge in [0.05, 0.1) is 5.75 Å². The summed E-state index contributed by atoms with van der Waals surface area (Å²) in [5.74, 6) is 0.732. The van der Waals surface area contributed by atoms with E-state index in [1.54, 1.807) is 4.31 Å². The van der Waals surface area contributed by atoms with Gasteiger partial charge in [-0.3, -0.25) is 0 Å². The lowest BCUT2D eigenvalue weighted by molar-refractivity contribution is 0.375. The van der Waals surface area contributed by atoms with Crippen molar-refractivity contribution >= 4 is 10.0 Å². The van der Waals surface area contributed by atoms with Crippen LogP contribution in [0.25, 0.3) is 0 Å². The van der Waals surface area contributed by atoms with Crippen molar-refractivity contribution in [1.82, 2.24) is 4.31 Å². The van der Waals surface area contributed by atoms with Gasteiger partial charge in [-0.1, -0.05) is 19.3 Å². The van der Waals surface area contributed by atoms with Crippen molar-refractivity contribution in [3.63, 3.8) is 0 Å². The van der Waals surface area contributed by atoms with Crippen LogP contribution < -0.4 is 5.73 Å². The maximum absolute atomic E-state index is 12.1. The number of rotatable bonds is 3. The maximum atomic E-state index is 12.1. The minimum absolute atomic E-state index is 0.0427. The minimum atomic E-state index is -3.04. The number of nitrogens with zero attached hydrogens (tertiary/aromatic N) is 1. The molecule has 2 rings (SSSR count). The highest BCUT2D eigenvalue weighted by Crippen LogP contribution is 2.26. The van der Waals surface area contributed by atoms with Crippen LogP contribution in [0.2, 0.25) is 0 Å². The van der Waals surface area contributed by atoms with Crippen LogP contribution in [0, 0.1) is 5.92 Å². The summed E-state index contributed by atoms with van der Waals surface area (Å²) < 4.78 is 25.8. The van der Waals surface area contributed by atoms with E-state index in [1.807, 2.05) is 0 Å². The second-order valence-corrected chi connectivity index (χ2v) is 7.20. The van der Waals surface area contributed by atoms with E-state index < -0.39 is 10.0 Å². The fourth-order valence-electron chi connectivity index (χ4n) is 2.76. The molecule has 1 aliphatic heterocycles. The first-order valence-electron chi connectivity index (χ1n) is 6.31. The topological polar surface area (TPSA) is 63.4 Å². The molecule has 0 aromatic heterocycles. The molecule has 1 saturated heterocycles. The summed E-state index contributed by atoms with van der Waals surface area (Å²) in [6.07, 6.45) is 6.63. The summed E-state index contributed by atoms with van der Waals surface area (Å²) in [6.45, 7) is 1.14. The second kappa shape index (κ2) is 5.02. The Kier molecular flexibility index (Phi) is 3.87. The molecule has 0 amide bonds. The Bertz CT molecular complexity index is 323. The monoisotopic (exact) mass is 246 g/mol. The normalized spacial score (nSPS) is 29.7. The van der Waals surface area contributed by atoms with Gasteiger partial charge in [0.1, 0.15) is 0 Å². The lowest BCUT2D eigenvalue weighted by Gasteiger charge is -2.24. The summed E-state index contributed by atoms with van der Waals surface area (Å²) >= 11 is 0. The van der Waals surface area contributed by atoms with E-state index in [2.05, 4.69) is 0 Å². The van der Waals surface area contributed by atoms with Gasteiger partial charge in [-0.05, 0) is 25.2 Å². The molecule has 0 aromatic carbocycles. The van der Waals surface area contributed by atoms with Crippen molar-refractivity contribution in [3.8, 4) is 0 Å². The summed E-state index contributed by atoms with van der Waals surface area (Å²) in [5, 5.41) is 0. The van der Waals surface area contributed by atoms with Crippen molar-refractivity contribution in [1.29, 1.82) is 0 Å². The Labute approximate surface area is 98.2 Å². The fraction of sp³-hybridized carbons (Fsp3) is 1.00. The van der Waals surface area contributed by atoms with Crippen LogP contribution in [0.1, 0.15) is 38.5 Å². The van der Waals surface area contributed by atoms with E-state index >= 15 is 0 Å². The van der Waals surface area contributed by atoms with Gasteiger partial charge in [-0.15, -0.1) is 0 Å². The van der Waals surface area contributed by atoms with E-state index in [0.29, 0.717) is 24.8 Å². The van der Waals surface area contributed by atoms with E-state index in [1.165, 1.54) is 19.3 Å². The zero-order valence-electron chi connectivity index (χ0n) is 9.77. The largest absolute Gasteiger partial charge is 0.326 e. The molecule has 2 aliphatic rings. The second-order valence-electron chi connectivity index (χ2n) is 5.19. The van der Waals surface area contributed by atoms with E-state index in [9.17, 15) is 8.42 Å². The zero-order valence-corrected chi connectivity index (χ0v) is 10.6. The van der Waals surface area contributed by atoms with Gasteiger partial charge in [-0.25, -0.2) is 12.7 Å². The summed E-state index contributed by atoms with van der Waals surface area (Å²) in [5.41, 5.74) is 5.75. The molecule has 1 heterocycles. The van der Waals surface area contributed by atoms with Gasteiger partial charge in [0.2, 0.25) is 10.0 Å². The molecule has 4 nitrogen and oxygen atoms in total. The lowest BCUT2D eigenvalue weighted by Crippen LogP contribution is -2.35. The summed E-state index contributed by atoms with van der Waals surface area (Å²) in [7, 11) is -3.04. The van der Waals surface area contributed by atoms with Gasteiger partial charge in [0.25, 0.3) is 0 Å².